The number of alkyl halides is 3. The molecule has 34 heavy (non-hydrogen) atoms. The van der Waals surface area contributed by atoms with E-state index < -0.39 is 33.3 Å². The highest BCUT2D eigenvalue weighted by Crippen LogP contribution is 2.35. The van der Waals surface area contributed by atoms with Gasteiger partial charge in [0.1, 0.15) is 23.4 Å². The predicted octanol–water partition coefficient (Wildman–Crippen LogP) is 5.27. The number of benzene rings is 3. The van der Waals surface area contributed by atoms with Gasteiger partial charge in [-0.15, -0.1) is 0 Å². The summed E-state index contributed by atoms with van der Waals surface area (Å²) in [6.45, 7) is 1.32. The molecule has 0 aliphatic heterocycles. The largest absolute Gasteiger partial charge is 0.456 e. The van der Waals surface area contributed by atoms with E-state index in [-0.39, 0.29) is 27.8 Å². The molecule has 3 aromatic rings. The molecule has 0 fully saturated rings. The first-order valence-corrected chi connectivity index (χ1v) is 10.9. The van der Waals surface area contributed by atoms with Crippen LogP contribution in [0.2, 0.25) is 0 Å². The zero-order chi connectivity index (χ0) is 25.1. The van der Waals surface area contributed by atoms with Crippen molar-refractivity contribution in [1.29, 1.82) is 5.26 Å². The third kappa shape index (κ3) is 5.81. The molecule has 7 nitrogen and oxygen atoms in total. The topological polar surface area (TPSA) is 108 Å². The van der Waals surface area contributed by atoms with Crippen molar-refractivity contribution in [1.82, 2.24) is 0 Å². The lowest BCUT2D eigenvalue weighted by Crippen LogP contribution is -2.13. The first kappa shape index (κ1) is 24.5. The highest BCUT2D eigenvalue weighted by atomic mass is 32.2. The molecule has 2 N–H and O–H groups in total. The van der Waals surface area contributed by atoms with Crippen LogP contribution in [0.15, 0.2) is 65.6 Å². The van der Waals surface area contributed by atoms with Gasteiger partial charge in [-0.1, -0.05) is 0 Å². The molecule has 1 amide bonds. The van der Waals surface area contributed by atoms with E-state index in [2.05, 4.69) is 10.0 Å². The van der Waals surface area contributed by atoms with Crippen LogP contribution in [0.4, 0.5) is 28.9 Å². The molecule has 0 spiro atoms. The van der Waals surface area contributed by atoms with Crippen LogP contribution in [-0.2, 0) is 21.0 Å². The van der Waals surface area contributed by atoms with Crippen molar-refractivity contribution in [3.63, 3.8) is 0 Å². The Bertz CT molecular complexity index is 1380. The summed E-state index contributed by atoms with van der Waals surface area (Å²) in [7, 11) is -4.15. The summed E-state index contributed by atoms with van der Waals surface area (Å²) in [6, 6.07) is 12.7. The second-order valence-electron chi connectivity index (χ2n) is 6.88. The maximum atomic E-state index is 13.5. The number of hydrogen-bond acceptors (Lipinski definition) is 5. The SMILES string of the molecule is CC(=O)Nc1ccc(NS(=O)(=O)c2ccc(Oc3ccc(F)c(C(F)(F)F)c3)c(C#N)c2)cc1. The van der Waals surface area contributed by atoms with E-state index in [1.165, 1.54) is 31.2 Å². The van der Waals surface area contributed by atoms with Crippen molar-refractivity contribution in [2.45, 2.75) is 18.0 Å². The summed E-state index contributed by atoms with van der Waals surface area (Å²) >= 11 is 0. The van der Waals surface area contributed by atoms with Gasteiger partial charge in [0.25, 0.3) is 10.0 Å². The third-order valence-electron chi connectivity index (χ3n) is 4.31. The zero-order valence-corrected chi connectivity index (χ0v) is 18.1. The van der Waals surface area contributed by atoms with Crippen LogP contribution in [0.3, 0.4) is 0 Å². The summed E-state index contributed by atoms with van der Waals surface area (Å²) in [5, 5.41) is 11.9. The van der Waals surface area contributed by atoms with E-state index in [4.69, 9.17) is 4.74 Å². The van der Waals surface area contributed by atoms with Crippen molar-refractivity contribution in [2.75, 3.05) is 10.0 Å². The highest BCUT2D eigenvalue weighted by Gasteiger charge is 2.34. The number of nitriles is 1. The van der Waals surface area contributed by atoms with Gasteiger partial charge in [0.2, 0.25) is 5.91 Å². The molecule has 0 aliphatic rings. The highest BCUT2D eigenvalue weighted by molar-refractivity contribution is 7.92. The number of rotatable bonds is 6. The second-order valence-corrected chi connectivity index (χ2v) is 8.56. The lowest BCUT2D eigenvalue weighted by molar-refractivity contribution is -0.140. The zero-order valence-electron chi connectivity index (χ0n) is 17.3. The van der Waals surface area contributed by atoms with E-state index in [1.807, 2.05) is 0 Å². The number of anilines is 2. The normalized spacial score (nSPS) is 11.4. The number of halogens is 4. The lowest BCUT2D eigenvalue weighted by atomic mass is 10.2. The monoisotopic (exact) mass is 493 g/mol. The van der Waals surface area contributed by atoms with Crippen molar-refractivity contribution < 1.29 is 35.5 Å². The number of carbonyl (C=O) groups is 1. The second kappa shape index (κ2) is 9.40. The summed E-state index contributed by atoms with van der Waals surface area (Å²) < 4.78 is 85.2. The molecule has 176 valence electrons. The minimum Gasteiger partial charge on any atom is -0.456 e. The summed E-state index contributed by atoms with van der Waals surface area (Å²) in [6.07, 6.45) is -4.95. The van der Waals surface area contributed by atoms with Crippen LogP contribution in [0.25, 0.3) is 0 Å². The Morgan fingerprint density at radius 1 is 1.00 bits per heavy atom. The summed E-state index contributed by atoms with van der Waals surface area (Å²) in [5.74, 6) is -2.40. The molecule has 0 bridgehead atoms. The number of nitrogens with one attached hydrogen (secondary N) is 2. The smallest absolute Gasteiger partial charge is 0.419 e. The Balaban J connectivity index is 1.85. The van der Waals surface area contributed by atoms with Crippen LogP contribution in [0.5, 0.6) is 11.5 Å². The number of hydrogen-bond donors (Lipinski definition) is 2. The minimum atomic E-state index is -4.95. The van der Waals surface area contributed by atoms with Gasteiger partial charge < -0.3 is 10.1 Å². The maximum Gasteiger partial charge on any atom is 0.419 e. The van der Waals surface area contributed by atoms with Gasteiger partial charge in [-0.05, 0) is 60.7 Å². The number of sulfonamides is 1. The molecule has 0 unspecified atom stereocenters. The van der Waals surface area contributed by atoms with E-state index in [9.17, 15) is 36.0 Å². The predicted molar refractivity (Wildman–Crippen MR) is 114 cm³/mol. The number of carbonyl (C=O) groups excluding carboxylic acids is 1. The van der Waals surface area contributed by atoms with Crippen molar-refractivity contribution in [2.24, 2.45) is 0 Å². The summed E-state index contributed by atoms with van der Waals surface area (Å²) in [4.78, 5) is 10.8. The molecule has 3 rings (SSSR count). The van der Waals surface area contributed by atoms with Gasteiger partial charge >= 0.3 is 6.18 Å². The van der Waals surface area contributed by atoms with Gasteiger partial charge in [-0.25, -0.2) is 12.8 Å². The van der Waals surface area contributed by atoms with Crippen molar-refractivity contribution >= 4 is 27.3 Å². The fraction of sp³-hybridized carbons (Fsp3) is 0.0909. The van der Waals surface area contributed by atoms with E-state index in [0.29, 0.717) is 17.8 Å². The first-order valence-electron chi connectivity index (χ1n) is 9.38. The number of nitrogens with zero attached hydrogens (tertiary/aromatic N) is 1. The molecular weight excluding hydrogens is 478 g/mol. The van der Waals surface area contributed by atoms with Crippen molar-refractivity contribution in [3.8, 4) is 17.6 Å². The van der Waals surface area contributed by atoms with Crippen LogP contribution < -0.4 is 14.8 Å². The van der Waals surface area contributed by atoms with Crippen LogP contribution in [-0.4, -0.2) is 14.3 Å². The number of ether oxygens (including phenoxy) is 1. The van der Waals surface area contributed by atoms with Gasteiger partial charge in [-0.2, -0.15) is 18.4 Å². The molecular formula is C22H15F4N3O4S. The van der Waals surface area contributed by atoms with Crippen LogP contribution >= 0.6 is 0 Å². The average molecular weight is 493 g/mol. The fourth-order valence-electron chi connectivity index (χ4n) is 2.80. The molecule has 3 aromatic carbocycles. The Morgan fingerprint density at radius 3 is 2.24 bits per heavy atom. The molecule has 0 aromatic heterocycles. The van der Waals surface area contributed by atoms with E-state index >= 15 is 0 Å². The quantitative estimate of drug-likeness (QED) is 0.455. The van der Waals surface area contributed by atoms with E-state index in [0.717, 1.165) is 24.3 Å². The van der Waals surface area contributed by atoms with Gasteiger partial charge in [0.05, 0.1) is 16.0 Å². The average Bonchev–Trinajstić information content (AvgIpc) is 2.75. The molecule has 0 atom stereocenters. The summed E-state index contributed by atoms with van der Waals surface area (Å²) in [5.41, 5.74) is -1.18. The van der Waals surface area contributed by atoms with Gasteiger partial charge in [0, 0.05) is 18.3 Å². The third-order valence-corrected chi connectivity index (χ3v) is 5.69. The van der Waals surface area contributed by atoms with Gasteiger partial charge in [-0.3, -0.25) is 9.52 Å². The Labute approximate surface area is 191 Å². The molecule has 0 saturated carbocycles. The van der Waals surface area contributed by atoms with Crippen LogP contribution in [0.1, 0.15) is 18.1 Å². The van der Waals surface area contributed by atoms with Crippen molar-refractivity contribution in [3.05, 3.63) is 77.6 Å². The lowest BCUT2D eigenvalue weighted by Gasteiger charge is -2.13. The molecule has 12 heteroatoms. The molecule has 0 saturated heterocycles. The fourth-order valence-corrected chi connectivity index (χ4v) is 3.89. The minimum absolute atomic E-state index is 0.180. The number of amides is 1. The molecule has 0 heterocycles. The van der Waals surface area contributed by atoms with E-state index in [1.54, 1.807) is 6.07 Å². The molecule has 0 aliphatic carbocycles. The Hall–Kier alpha value is -4.11. The standard InChI is InChI=1S/C22H15F4N3O4S/c1-13(30)28-15-2-4-16(5-3-15)29-34(31,32)18-7-9-21(14(10-18)12-27)33-17-6-8-20(23)19(11-17)22(24,25)26/h2-11,29H,1H3,(H,28,30). The Kier molecular flexibility index (Phi) is 6.78. The van der Waals surface area contributed by atoms with Gasteiger partial charge in [0.15, 0.2) is 0 Å². The molecule has 0 radical (unpaired) electrons. The van der Waals surface area contributed by atoms with Crippen LogP contribution in [0, 0.1) is 17.1 Å². The maximum absolute atomic E-state index is 13.5. The Morgan fingerprint density at radius 2 is 1.65 bits per heavy atom. The first-order chi connectivity index (χ1) is 15.9.